The molecule has 2 aromatic carbocycles. The number of aryl methyl sites for hydroxylation is 1. The molecule has 0 radical (unpaired) electrons. The van der Waals surface area contributed by atoms with Crippen LogP contribution in [0.4, 0.5) is 5.82 Å². The topological polar surface area (TPSA) is 92.3 Å². The summed E-state index contributed by atoms with van der Waals surface area (Å²) in [6, 6.07) is 17.8. The highest BCUT2D eigenvalue weighted by Crippen LogP contribution is 2.12. The summed E-state index contributed by atoms with van der Waals surface area (Å²) in [7, 11) is 0. The minimum atomic E-state index is -0.523. The fraction of sp³-hybridized carbons (Fsp3) is 0.158. The number of aromatic nitrogens is 3. The second-order valence-corrected chi connectivity index (χ2v) is 5.60. The maximum atomic E-state index is 11.2. The first-order valence-electron chi connectivity index (χ1n) is 8.20. The van der Waals surface area contributed by atoms with Crippen LogP contribution < -0.4 is 15.9 Å². The van der Waals surface area contributed by atoms with Gasteiger partial charge < -0.3 is 4.74 Å². The Balaban J connectivity index is 1.51. The normalized spacial score (nSPS) is 10.8. The highest BCUT2D eigenvalue weighted by atomic mass is 16.5. The third-order valence-electron chi connectivity index (χ3n) is 3.64. The molecule has 0 saturated carbocycles. The van der Waals surface area contributed by atoms with Gasteiger partial charge in [-0.1, -0.05) is 30.3 Å². The van der Waals surface area contributed by atoms with E-state index in [1.54, 1.807) is 13.1 Å². The number of hydrogen-bond donors (Lipinski definition) is 2. The molecule has 1 heterocycles. The van der Waals surface area contributed by atoms with Gasteiger partial charge >= 0.3 is 5.69 Å². The first-order valence-corrected chi connectivity index (χ1v) is 8.20. The van der Waals surface area contributed by atoms with Crippen molar-refractivity contribution in [2.24, 2.45) is 5.10 Å². The molecule has 7 heteroatoms. The summed E-state index contributed by atoms with van der Waals surface area (Å²) in [4.78, 5) is 14.9. The molecule has 0 aliphatic carbocycles. The van der Waals surface area contributed by atoms with Crippen molar-refractivity contribution in [3.63, 3.8) is 0 Å². The molecule has 1 aromatic heterocycles. The number of ether oxygens (including phenoxy) is 1. The van der Waals surface area contributed by atoms with Gasteiger partial charge in [0.1, 0.15) is 11.4 Å². The van der Waals surface area contributed by atoms with Crippen LogP contribution in [0.15, 0.2) is 64.5 Å². The van der Waals surface area contributed by atoms with Crippen molar-refractivity contribution in [1.29, 1.82) is 0 Å². The maximum Gasteiger partial charge on any atom is 0.363 e. The lowest BCUT2D eigenvalue weighted by molar-refractivity contribution is 0.322. The summed E-state index contributed by atoms with van der Waals surface area (Å²) in [5, 5.41) is 10.1. The number of rotatable bonds is 7. The van der Waals surface area contributed by atoms with Crippen molar-refractivity contribution in [2.45, 2.75) is 13.3 Å². The predicted molar refractivity (Wildman–Crippen MR) is 101 cm³/mol. The molecule has 3 rings (SSSR count). The molecule has 0 unspecified atom stereocenters. The van der Waals surface area contributed by atoms with E-state index in [9.17, 15) is 4.79 Å². The van der Waals surface area contributed by atoms with Crippen molar-refractivity contribution in [3.8, 4) is 5.75 Å². The average Bonchev–Trinajstić information content (AvgIpc) is 2.67. The van der Waals surface area contributed by atoms with Gasteiger partial charge in [-0.15, -0.1) is 0 Å². The zero-order valence-corrected chi connectivity index (χ0v) is 14.3. The summed E-state index contributed by atoms with van der Waals surface area (Å²) < 4.78 is 5.75. The molecule has 0 spiro atoms. The molecule has 132 valence electrons. The first-order chi connectivity index (χ1) is 12.7. The number of benzene rings is 2. The molecule has 2 N–H and O–H groups in total. The molecule has 7 nitrogen and oxygen atoms in total. The molecule has 0 fully saturated rings. The lowest BCUT2D eigenvalue weighted by Crippen LogP contribution is -2.15. The minimum Gasteiger partial charge on any atom is -0.493 e. The van der Waals surface area contributed by atoms with Gasteiger partial charge in [0.15, 0.2) is 5.82 Å². The van der Waals surface area contributed by atoms with Crippen molar-refractivity contribution in [2.75, 3.05) is 12.0 Å². The Labute approximate surface area is 150 Å². The number of nitrogens with one attached hydrogen (secondary N) is 2. The van der Waals surface area contributed by atoms with Gasteiger partial charge in [-0.25, -0.2) is 9.89 Å². The van der Waals surface area contributed by atoms with E-state index >= 15 is 0 Å². The molecule has 0 aliphatic rings. The van der Waals surface area contributed by atoms with Crippen molar-refractivity contribution in [1.82, 2.24) is 15.2 Å². The van der Waals surface area contributed by atoms with Crippen LogP contribution in [-0.4, -0.2) is 28.0 Å². The summed E-state index contributed by atoms with van der Waals surface area (Å²) >= 11 is 0. The summed E-state index contributed by atoms with van der Waals surface area (Å²) in [5.41, 5.74) is 4.89. The SMILES string of the molecule is Cc1n[nH]c(=O)nc1N/N=C\c1ccc(OCCc2ccccc2)cc1. The number of hydrazone groups is 1. The van der Waals surface area contributed by atoms with E-state index in [1.165, 1.54) is 5.56 Å². The molecule has 0 atom stereocenters. The Morgan fingerprint density at radius 3 is 2.69 bits per heavy atom. The quantitative estimate of drug-likeness (QED) is 0.505. The third-order valence-corrected chi connectivity index (χ3v) is 3.64. The summed E-state index contributed by atoms with van der Waals surface area (Å²) in [5.74, 6) is 1.13. The van der Waals surface area contributed by atoms with Gasteiger partial charge in [0, 0.05) is 6.42 Å². The number of H-pyrrole nitrogens is 1. The van der Waals surface area contributed by atoms with E-state index in [2.05, 4.69) is 37.8 Å². The highest BCUT2D eigenvalue weighted by molar-refractivity contribution is 5.80. The smallest absolute Gasteiger partial charge is 0.363 e. The van der Waals surface area contributed by atoms with Gasteiger partial charge in [0.25, 0.3) is 0 Å². The molecular weight excluding hydrogens is 330 g/mol. The fourth-order valence-electron chi connectivity index (χ4n) is 2.25. The molecule has 0 aliphatic heterocycles. The number of anilines is 1. The Bertz CT molecular complexity index is 921. The molecular formula is C19H19N5O2. The van der Waals surface area contributed by atoms with Gasteiger partial charge in [0.2, 0.25) is 0 Å². The van der Waals surface area contributed by atoms with E-state index in [1.807, 2.05) is 42.5 Å². The number of aromatic amines is 1. The second kappa shape index (κ2) is 8.57. The van der Waals surface area contributed by atoms with Crippen molar-refractivity contribution >= 4 is 12.0 Å². The van der Waals surface area contributed by atoms with Gasteiger partial charge in [-0.2, -0.15) is 15.2 Å². The van der Waals surface area contributed by atoms with Gasteiger partial charge in [-0.05, 0) is 42.3 Å². The largest absolute Gasteiger partial charge is 0.493 e. The standard InChI is InChI=1S/C19H19N5O2/c1-14-18(21-19(25)24-22-14)23-20-13-16-7-9-17(10-8-16)26-12-11-15-5-3-2-4-6-15/h2-10,13H,11-12H2,1H3,(H2,21,23,24,25)/b20-13-. The third kappa shape index (κ3) is 5.01. The van der Waals surface area contributed by atoms with Crippen LogP contribution in [0, 0.1) is 6.92 Å². The minimum absolute atomic E-state index is 0.325. The molecule has 26 heavy (non-hydrogen) atoms. The Morgan fingerprint density at radius 2 is 1.92 bits per heavy atom. The first kappa shape index (κ1) is 17.3. The zero-order valence-electron chi connectivity index (χ0n) is 14.3. The Kier molecular flexibility index (Phi) is 5.72. The molecule has 3 aromatic rings. The summed E-state index contributed by atoms with van der Waals surface area (Å²) in [6.07, 6.45) is 2.50. The summed E-state index contributed by atoms with van der Waals surface area (Å²) in [6.45, 7) is 2.35. The lowest BCUT2D eigenvalue weighted by atomic mass is 10.2. The Hall–Kier alpha value is -3.48. The van der Waals surface area contributed by atoms with E-state index in [-0.39, 0.29) is 0 Å². The lowest BCUT2D eigenvalue weighted by Gasteiger charge is -2.06. The van der Waals surface area contributed by atoms with Crippen LogP contribution >= 0.6 is 0 Å². The fourth-order valence-corrected chi connectivity index (χ4v) is 2.25. The number of hydrogen-bond acceptors (Lipinski definition) is 6. The molecule has 0 amide bonds. The highest BCUT2D eigenvalue weighted by Gasteiger charge is 2.00. The Morgan fingerprint density at radius 1 is 1.15 bits per heavy atom. The van der Waals surface area contributed by atoms with E-state index in [0.717, 1.165) is 17.7 Å². The maximum absolute atomic E-state index is 11.2. The monoisotopic (exact) mass is 349 g/mol. The van der Waals surface area contributed by atoms with Crippen molar-refractivity contribution < 1.29 is 4.74 Å². The van der Waals surface area contributed by atoms with Crippen molar-refractivity contribution in [3.05, 3.63) is 81.9 Å². The van der Waals surface area contributed by atoms with Gasteiger partial charge in [0.05, 0.1) is 12.8 Å². The van der Waals surface area contributed by atoms with E-state index < -0.39 is 5.69 Å². The van der Waals surface area contributed by atoms with Crippen LogP contribution in [0.1, 0.15) is 16.8 Å². The van der Waals surface area contributed by atoms with Crippen LogP contribution in [0.5, 0.6) is 5.75 Å². The van der Waals surface area contributed by atoms with E-state index in [0.29, 0.717) is 18.1 Å². The average molecular weight is 349 g/mol. The van der Waals surface area contributed by atoms with Crippen LogP contribution in [0.25, 0.3) is 0 Å². The molecule has 0 bridgehead atoms. The van der Waals surface area contributed by atoms with Gasteiger partial charge in [-0.3, -0.25) is 5.43 Å². The van der Waals surface area contributed by atoms with E-state index in [4.69, 9.17) is 4.74 Å². The number of nitrogens with zero attached hydrogens (tertiary/aromatic N) is 3. The van der Waals surface area contributed by atoms with Crippen LogP contribution in [0.3, 0.4) is 0 Å². The van der Waals surface area contributed by atoms with Crippen LogP contribution in [-0.2, 0) is 6.42 Å². The second-order valence-electron chi connectivity index (χ2n) is 5.60. The molecule has 0 saturated heterocycles. The zero-order chi connectivity index (χ0) is 18.2. The predicted octanol–water partition coefficient (Wildman–Crippen LogP) is 2.54. The van der Waals surface area contributed by atoms with Crippen LogP contribution in [0.2, 0.25) is 0 Å².